The fourth-order valence-corrected chi connectivity index (χ4v) is 1.65. The lowest BCUT2D eigenvalue weighted by atomic mass is 10.1. The Morgan fingerprint density at radius 2 is 2.16 bits per heavy atom. The Balaban J connectivity index is 2.27. The van der Waals surface area contributed by atoms with Gasteiger partial charge in [0.25, 0.3) is 5.91 Å². The molecule has 4 nitrogen and oxygen atoms in total. The monoisotopic (exact) mass is 266 g/mol. The molecule has 6 heteroatoms. The molecule has 0 aliphatic heterocycles. The lowest BCUT2D eigenvalue weighted by Gasteiger charge is -2.05. The van der Waals surface area contributed by atoms with Crippen molar-refractivity contribution in [2.45, 2.75) is 6.42 Å². The minimum Gasteiger partial charge on any atom is -0.396 e. The second-order valence-corrected chi connectivity index (χ2v) is 3.99. The third-order valence-electron chi connectivity index (χ3n) is 2.63. The zero-order valence-electron chi connectivity index (χ0n) is 9.99. The number of benzene rings is 1. The van der Waals surface area contributed by atoms with Crippen LogP contribution in [0.25, 0.3) is 10.9 Å². The maximum Gasteiger partial charge on any atom is 0.252 e. The molecule has 0 radical (unpaired) electrons. The Hall–Kier alpha value is -2.08. The molecule has 0 atom stereocenters. The van der Waals surface area contributed by atoms with Crippen LogP contribution >= 0.6 is 0 Å². The molecule has 100 valence electrons. The van der Waals surface area contributed by atoms with E-state index < -0.39 is 11.6 Å². The van der Waals surface area contributed by atoms with Crippen LogP contribution in [0.3, 0.4) is 0 Å². The van der Waals surface area contributed by atoms with Gasteiger partial charge in [-0.15, -0.1) is 0 Å². The molecule has 2 rings (SSSR count). The van der Waals surface area contributed by atoms with Gasteiger partial charge in [-0.3, -0.25) is 9.78 Å². The average Bonchev–Trinajstić information content (AvgIpc) is 2.43. The van der Waals surface area contributed by atoms with Gasteiger partial charge in [-0.1, -0.05) is 0 Å². The smallest absolute Gasteiger partial charge is 0.252 e. The van der Waals surface area contributed by atoms with Gasteiger partial charge in [0.1, 0.15) is 5.52 Å². The molecule has 0 unspecified atom stereocenters. The highest BCUT2D eigenvalue weighted by atomic mass is 19.2. The third kappa shape index (κ3) is 2.85. The highest BCUT2D eigenvalue weighted by Crippen LogP contribution is 2.19. The van der Waals surface area contributed by atoms with Crippen LogP contribution in [0.5, 0.6) is 0 Å². The normalized spacial score (nSPS) is 10.7. The van der Waals surface area contributed by atoms with Crippen molar-refractivity contribution in [3.8, 4) is 0 Å². The molecule has 1 aromatic carbocycles. The molecule has 0 aliphatic carbocycles. The van der Waals surface area contributed by atoms with Crippen LogP contribution in [0.2, 0.25) is 0 Å². The van der Waals surface area contributed by atoms with E-state index in [1.54, 1.807) is 0 Å². The minimum atomic E-state index is -1.02. The largest absolute Gasteiger partial charge is 0.396 e. The molecule has 2 N–H and O–H groups in total. The number of fused-ring (bicyclic) bond motifs is 1. The summed E-state index contributed by atoms with van der Waals surface area (Å²) in [5.74, 6) is -2.36. The van der Waals surface area contributed by atoms with E-state index in [0.29, 0.717) is 18.4 Å². The number of hydrogen-bond acceptors (Lipinski definition) is 3. The number of halogens is 2. The second kappa shape index (κ2) is 5.71. The summed E-state index contributed by atoms with van der Waals surface area (Å²) in [6.45, 7) is 0.325. The van der Waals surface area contributed by atoms with Crippen LogP contribution in [0.1, 0.15) is 16.8 Å². The van der Waals surface area contributed by atoms with Crippen molar-refractivity contribution in [2.75, 3.05) is 13.2 Å². The molecule has 1 heterocycles. The molecule has 0 spiro atoms. The maximum absolute atomic E-state index is 13.4. The van der Waals surface area contributed by atoms with Gasteiger partial charge in [-0.25, -0.2) is 8.78 Å². The van der Waals surface area contributed by atoms with E-state index in [9.17, 15) is 13.6 Å². The number of aliphatic hydroxyl groups excluding tert-OH is 1. The zero-order chi connectivity index (χ0) is 13.8. The van der Waals surface area contributed by atoms with E-state index in [1.807, 2.05) is 0 Å². The van der Waals surface area contributed by atoms with Crippen LogP contribution in [-0.4, -0.2) is 29.1 Å². The van der Waals surface area contributed by atoms with Gasteiger partial charge in [0.2, 0.25) is 0 Å². The van der Waals surface area contributed by atoms with Crippen molar-refractivity contribution < 1.29 is 18.7 Å². The van der Waals surface area contributed by atoms with Gasteiger partial charge < -0.3 is 10.4 Å². The molecule has 0 bridgehead atoms. The molecule has 19 heavy (non-hydrogen) atoms. The predicted molar refractivity (Wildman–Crippen MR) is 65.7 cm³/mol. The highest BCUT2D eigenvalue weighted by molar-refractivity contribution is 5.97. The molecule has 0 saturated heterocycles. The summed E-state index contributed by atoms with van der Waals surface area (Å²) in [5, 5.41) is 11.5. The highest BCUT2D eigenvalue weighted by Gasteiger charge is 2.11. The summed E-state index contributed by atoms with van der Waals surface area (Å²) < 4.78 is 26.4. The Morgan fingerprint density at radius 1 is 1.37 bits per heavy atom. The first-order valence-corrected chi connectivity index (χ1v) is 5.76. The summed E-state index contributed by atoms with van der Waals surface area (Å²) in [7, 11) is 0. The average molecular weight is 266 g/mol. The lowest BCUT2D eigenvalue weighted by molar-refractivity contribution is 0.0951. The molecular formula is C13H12F2N2O2. The molecule has 0 aliphatic rings. The summed E-state index contributed by atoms with van der Waals surface area (Å²) in [6.07, 6.45) is 1.64. The van der Waals surface area contributed by atoms with Crippen LogP contribution < -0.4 is 5.32 Å². The van der Waals surface area contributed by atoms with Gasteiger partial charge in [-0.05, 0) is 24.6 Å². The first-order chi connectivity index (χ1) is 9.13. The Kier molecular flexibility index (Phi) is 4.01. The number of nitrogens with zero attached hydrogens (tertiary/aromatic N) is 1. The lowest BCUT2D eigenvalue weighted by Crippen LogP contribution is -2.25. The molecular weight excluding hydrogens is 254 g/mol. The van der Waals surface area contributed by atoms with Crippen molar-refractivity contribution in [3.63, 3.8) is 0 Å². The van der Waals surface area contributed by atoms with Crippen LogP contribution in [0, 0.1) is 11.6 Å². The fraction of sp³-hybridized carbons (Fsp3) is 0.231. The third-order valence-corrected chi connectivity index (χ3v) is 2.63. The van der Waals surface area contributed by atoms with Crippen LogP contribution in [0.15, 0.2) is 24.4 Å². The number of carbonyl (C=O) groups excluding carboxylic acids is 1. The number of hydrogen-bond donors (Lipinski definition) is 2. The van der Waals surface area contributed by atoms with E-state index in [0.717, 1.165) is 6.07 Å². The molecule has 0 fully saturated rings. The summed E-state index contributed by atoms with van der Waals surface area (Å²) in [5.41, 5.74) is 0.156. The number of nitrogens with one attached hydrogen (secondary N) is 1. The number of amides is 1. The zero-order valence-corrected chi connectivity index (χ0v) is 9.99. The predicted octanol–water partition coefficient (Wildman–Crippen LogP) is 1.63. The molecule has 0 saturated carbocycles. The molecule has 2 aromatic rings. The Morgan fingerprint density at radius 3 is 2.89 bits per heavy atom. The van der Waals surface area contributed by atoms with Crippen molar-refractivity contribution in [1.29, 1.82) is 0 Å². The van der Waals surface area contributed by atoms with Crippen molar-refractivity contribution >= 4 is 16.8 Å². The van der Waals surface area contributed by atoms with Gasteiger partial charge >= 0.3 is 0 Å². The van der Waals surface area contributed by atoms with Crippen molar-refractivity contribution in [2.24, 2.45) is 0 Å². The number of pyridine rings is 1. The van der Waals surface area contributed by atoms with Crippen molar-refractivity contribution in [3.05, 3.63) is 41.6 Å². The number of aromatic nitrogens is 1. The van der Waals surface area contributed by atoms with Crippen molar-refractivity contribution in [1.82, 2.24) is 10.3 Å². The van der Waals surface area contributed by atoms with E-state index in [-0.39, 0.29) is 23.6 Å². The Labute approximate surface area is 108 Å². The molecule has 1 amide bonds. The number of carbonyl (C=O) groups is 1. The van der Waals surface area contributed by atoms with Crippen LogP contribution in [0.4, 0.5) is 8.78 Å². The number of rotatable bonds is 4. The first kappa shape index (κ1) is 13.4. The first-order valence-electron chi connectivity index (χ1n) is 5.76. The summed E-state index contributed by atoms with van der Waals surface area (Å²) >= 11 is 0. The van der Waals surface area contributed by atoms with E-state index in [4.69, 9.17) is 5.11 Å². The maximum atomic E-state index is 13.4. The van der Waals surface area contributed by atoms with Gasteiger partial charge in [0.05, 0.1) is 5.56 Å². The fourth-order valence-electron chi connectivity index (χ4n) is 1.65. The quantitative estimate of drug-likeness (QED) is 0.827. The van der Waals surface area contributed by atoms with Gasteiger partial charge in [0.15, 0.2) is 11.6 Å². The van der Waals surface area contributed by atoms with E-state index >= 15 is 0 Å². The minimum absolute atomic E-state index is 0.0132. The van der Waals surface area contributed by atoms with Crippen LogP contribution in [-0.2, 0) is 0 Å². The molecule has 1 aromatic heterocycles. The topological polar surface area (TPSA) is 62.2 Å². The Bertz CT molecular complexity index is 617. The van der Waals surface area contributed by atoms with Gasteiger partial charge in [0, 0.05) is 24.7 Å². The van der Waals surface area contributed by atoms with Gasteiger partial charge in [-0.2, -0.15) is 0 Å². The second-order valence-electron chi connectivity index (χ2n) is 3.99. The summed E-state index contributed by atoms with van der Waals surface area (Å²) in [4.78, 5) is 15.5. The SMILES string of the molecule is O=C(NCCCO)c1cnc2c(F)c(F)ccc2c1. The summed E-state index contributed by atoms with van der Waals surface area (Å²) in [6, 6.07) is 3.80. The van der Waals surface area contributed by atoms with E-state index in [2.05, 4.69) is 10.3 Å². The van der Waals surface area contributed by atoms with E-state index in [1.165, 1.54) is 18.3 Å². The standard InChI is InChI=1S/C13H12F2N2O2/c14-10-3-2-8-6-9(7-17-12(8)11(10)15)13(19)16-4-1-5-18/h2-3,6-7,18H,1,4-5H2,(H,16,19). The number of aliphatic hydroxyl groups is 1.